The largest absolute Gasteiger partial charge is 0.497 e. The highest BCUT2D eigenvalue weighted by molar-refractivity contribution is 7.80. The van der Waals surface area contributed by atoms with Crippen LogP contribution in [0.3, 0.4) is 0 Å². The van der Waals surface area contributed by atoms with Gasteiger partial charge in [-0.2, -0.15) is 0 Å². The van der Waals surface area contributed by atoms with Gasteiger partial charge < -0.3 is 24.8 Å². The number of benzene rings is 1. The third-order valence-electron chi connectivity index (χ3n) is 3.58. The lowest BCUT2D eigenvalue weighted by molar-refractivity contribution is -0.147. The van der Waals surface area contributed by atoms with Gasteiger partial charge in [-0.05, 0) is 37.3 Å². The van der Waals surface area contributed by atoms with Gasteiger partial charge >= 0.3 is 5.97 Å². The molecular weight excluding hydrogens is 316 g/mol. The van der Waals surface area contributed by atoms with E-state index in [0.29, 0.717) is 22.3 Å². The second-order valence-electron chi connectivity index (χ2n) is 4.94. The van der Waals surface area contributed by atoms with Crippen LogP contribution in [0.25, 0.3) is 0 Å². The molecule has 1 heterocycles. The zero-order valence-corrected chi connectivity index (χ0v) is 14.2. The number of thiocarbonyl (C=S) groups is 1. The molecule has 1 fully saturated rings. The summed E-state index contributed by atoms with van der Waals surface area (Å²) in [5, 5.41) is 6.38. The van der Waals surface area contributed by atoms with E-state index in [4.69, 9.17) is 26.4 Å². The quantitative estimate of drug-likeness (QED) is 0.629. The molecule has 2 unspecified atom stereocenters. The van der Waals surface area contributed by atoms with Gasteiger partial charge in [0.2, 0.25) is 0 Å². The van der Waals surface area contributed by atoms with Crippen LogP contribution in [0, 0.1) is 5.92 Å². The van der Waals surface area contributed by atoms with E-state index in [0.717, 1.165) is 5.56 Å². The fourth-order valence-electron chi connectivity index (χ4n) is 2.54. The summed E-state index contributed by atoms with van der Waals surface area (Å²) in [6.45, 7) is 5.96. The minimum absolute atomic E-state index is 0.287. The molecule has 0 radical (unpaired) electrons. The summed E-state index contributed by atoms with van der Waals surface area (Å²) in [5.41, 5.74) is 1.23. The van der Waals surface area contributed by atoms with E-state index in [1.54, 1.807) is 33.3 Å². The predicted molar refractivity (Wildman–Crippen MR) is 90.4 cm³/mol. The molecule has 1 aromatic rings. The monoisotopic (exact) mass is 336 g/mol. The van der Waals surface area contributed by atoms with Crippen LogP contribution >= 0.6 is 12.2 Å². The van der Waals surface area contributed by atoms with E-state index in [1.165, 1.54) is 0 Å². The van der Waals surface area contributed by atoms with Crippen molar-refractivity contribution in [3.8, 4) is 11.5 Å². The molecule has 124 valence electrons. The van der Waals surface area contributed by atoms with Gasteiger partial charge in [-0.15, -0.1) is 0 Å². The van der Waals surface area contributed by atoms with Crippen molar-refractivity contribution in [1.29, 1.82) is 0 Å². The Balaban J connectivity index is 2.49. The molecule has 0 bridgehead atoms. The highest BCUT2D eigenvalue weighted by Crippen LogP contribution is 2.37. The van der Waals surface area contributed by atoms with Crippen LogP contribution in [0.15, 0.2) is 30.5 Å². The second-order valence-corrected chi connectivity index (χ2v) is 5.35. The van der Waals surface area contributed by atoms with E-state index >= 15 is 0 Å². The molecule has 0 aliphatic carbocycles. The number of esters is 1. The number of carbonyl (C=O) groups is 1. The van der Waals surface area contributed by atoms with Crippen molar-refractivity contribution < 1.29 is 19.0 Å². The van der Waals surface area contributed by atoms with Gasteiger partial charge in [0.25, 0.3) is 0 Å². The molecule has 1 aromatic carbocycles. The molecule has 2 N–H and O–H groups in total. The van der Waals surface area contributed by atoms with E-state index in [1.807, 2.05) is 6.07 Å². The van der Waals surface area contributed by atoms with E-state index in [2.05, 4.69) is 17.2 Å². The molecule has 0 amide bonds. The van der Waals surface area contributed by atoms with E-state index in [-0.39, 0.29) is 12.6 Å². The van der Waals surface area contributed by atoms with Gasteiger partial charge in [-0.1, -0.05) is 6.58 Å². The Hall–Kier alpha value is -2.28. The first kappa shape index (κ1) is 17.1. The van der Waals surface area contributed by atoms with Crippen LogP contribution in [0.1, 0.15) is 18.5 Å². The number of hydrogen-bond acceptors (Lipinski definition) is 5. The van der Waals surface area contributed by atoms with Crippen LogP contribution in [-0.2, 0) is 9.53 Å². The van der Waals surface area contributed by atoms with Crippen molar-refractivity contribution in [1.82, 2.24) is 10.6 Å². The molecule has 1 aliphatic heterocycles. The Labute approximate surface area is 140 Å². The maximum atomic E-state index is 12.4. The maximum Gasteiger partial charge on any atom is 0.317 e. The highest BCUT2D eigenvalue weighted by Gasteiger charge is 2.39. The van der Waals surface area contributed by atoms with E-state index in [9.17, 15) is 4.79 Å². The van der Waals surface area contributed by atoms with Gasteiger partial charge in [-0.3, -0.25) is 4.79 Å². The molecule has 1 saturated heterocycles. The fourth-order valence-corrected chi connectivity index (χ4v) is 2.79. The number of ether oxygens (including phenoxy) is 3. The minimum Gasteiger partial charge on any atom is -0.497 e. The smallest absolute Gasteiger partial charge is 0.317 e. The minimum atomic E-state index is -0.636. The Morgan fingerprint density at radius 3 is 2.70 bits per heavy atom. The Kier molecular flexibility index (Phi) is 5.44. The zero-order valence-electron chi connectivity index (χ0n) is 13.3. The maximum absolute atomic E-state index is 12.4. The van der Waals surface area contributed by atoms with Crippen LogP contribution in [0.4, 0.5) is 0 Å². The Morgan fingerprint density at radius 2 is 2.09 bits per heavy atom. The van der Waals surface area contributed by atoms with Gasteiger partial charge in [0.05, 0.1) is 26.9 Å². The molecule has 2 rings (SSSR count). The van der Waals surface area contributed by atoms with Crippen molar-refractivity contribution >= 4 is 23.3 Å². The number of nitrogens with one attached hydrogen (secondary N) is 2. The Bertz CT molecular complexity index is 633. The summed E-state index contributed by atoms with van der Waals surface area (Å²) in [6, 6.07) is 4.92. The van der Waals surface area contributed by atoms with Crippen molar-refractivity contribution in [3.05, 3.63) is 36.0 Å². The lowest BCUT2D eigenvalue weighted by Crippen LogP contribution is -2.51. The molecule has 6 nitrogen and oxygen atoms in total. The molecule has 0 spiro atoms. The summed E-state index contributed by atoms with van der Waals surface area (Å²) < 4.78 is 15.9. The van der Waals surface area contributed by atoms with E-state index < -0.39 is 12.0 Å². The third kappa shape index (κ3) is 3.56. The molecule has 7 heteroatoms. The molecule has 0 saturated carbocycles. The highest BCUT2D eigenvalue weighted by atomic mass is 32.1. The van der Waals surface area contributed by atoms with Crippen LogP contribution < -0.4 is 20.1 Å². The molecular formula is C16H20N2O4S. The number of hydrogen-bond donors (Lipinski definition) is 2. The SMILES string of the molecule is C=C1NC(=S)NC(c2cc(OC)ccc2OC)C1C(=O)OCC. The number of carbonyl (C=O) groups excluding carboxylic acids is 1. The van der Waals surface area contributed by atoms with Gasteiger partial charge in [-0.25, -0.2) is 0 Å². The second kappa shape index (κ2) is 7.32. The van der Waals surface area contributed by atoms with Gasteiger partial charge in [0.1, 0.15) is 17.4 Å². The van der Waals surface area contributed by atoms with Crippen LogP contribution in [0.5, 0.6) is 11.5 Å². The normalized spacial score (nSPS) is 20.3. The standard InChI is InChI=1S/C16H20N2O4S/c1-5-22-15(19)13-9(2)17-16(23)18-14(13)11-8-10(20-3)6-7-12(11)21-4/h6-8,13-14H,2,5H2,1,3-4H3,(H2,17,18,23). The third-order valence-corrected chi connectivity index (χ3v) is 3.80. The average Bonchev–Trinajstić information content (AvgIpc) is 2.53. The first-order chi connectivity index (χ1) is 11.0. The first-order valence-electron chi connectivity index (χ1n) is 7.16. The zero-order chi connectivity index (χ0) is 17.0. The summed E-state index contributed by atoms with van der Waals surface area (Å²) in [7, 11) is 3.15. The van der Waals surface area contributed by atoms with Crippen molar-refractivity contribution in [2.24, 2.45) is 5.92 Å². The summed E-state index contributed by atoms with van der Waals surface area (Å²) in [6.07, 6.45) is 0. The lowest BCUT2D eigenvalue weighted by atomic mass is 9.88. The van der Waals surface area contributed by atoms with Crippen molar-refractivity contribution in [2.45, 2.75) is 13.0 Å². The topological polar surface area (TPSA) is 68.8 Å². The average molecular weight is 336 g/mol. The molecule has 1 aliphatic rings. The van der Waals surface area contributed by atoms with Crippen molar-refractivity contribution in [2.75, 3.05) is 20.8 Å². The van der Waals surface area contributed by atoms with Gasteiger partial charge in [0, 0.05) is 11.3 Å². The van der Waals surface area contributed by atoms with Crippen molar-refractivity contribution in [3.63, 3.8) is 0 Å². The summed E-state index contributed by atoms with van der Waals surface area (Å²) in [5.74, 6) is 0.257. The Morgan fingerprint density at radius 1 is 1.35 bits per heavy atom. The molecule has 0 aromatic heterocycles. The van der Waals surface area contributed by atoms with Crippen LogP contribution in [-0.4, -0.2) is 31.9 Å². The molecule has 23 heavy (non-hydrogen) atoms. The number of methoxy groups -OCH3 is 2. The predicted octanol–water partition coefficient (Wildman–Crippen LogP) is 1.92. The lowest BCUT2D eigenvalue weighted by Gasteiger charge is -2.35. The summed E-state index contributed by atoms with van der Waals surface area (Å²) in [4.78, 5) is 12.4. The number of rotatable bonds is 5. The summed E-state index contributed by atoms with van der Waals surface area (Å²) >= 11 is 5.20. The van der Waals surface area contributed by atoms with Gasteiger partial charge in [0.15, 0.2) is 5.11 Å². The molecule has 2 atom stereocenters. The first-order valence-corrected chi connectivity index (χ1v) is 7.57. The van der Waals surface area contributed by atoms with Crippen LogP contribution in [0.2, 0.25) is 0 Å². The fraction of sp³-hybridized carbons (Fsp3) is 0.375.